The summed E-state index contributed by atoms with van der Waals surface area (Å²) in [6.45, 7) is 0. The van der Waals surface area contributed by atoms with E-state index in [2.05, 4.69) is 15.3 Å². The van der Waals surface area contributed by atoms with Gasteiger partial charge in [-0.1, -0.05) is 0 Å². The van der Waals surface area contributed by atoms with Gasteiger partial charge in [-0.05, 0) is 6.07 Å². The topological polar surface area (TPSA) is 104 Å². The molecule has 1 aromatic rings. The van der Waals surface area contributed by atoms with Crippen LogP contribution in [0.25, 0.3) is 5.57 Å². The summed E-state index contributed by atoms with van der Waals surface area (Å²) in [5.41, 5.74) is 6.31. The molecule has 86 valence electrons. The number of nitriles is 1. The van der Waals surface area contributed by atoms with Crippen molar-refractivity contribution in [1.82, 2.24) is 10.3 Å². The van der Waals surface area contributed by atoms with Crippen molar-refractivity contribution in [3.05, 3.63) is 35.8 Å². The van der Waals surface area contributed by atoms with Gasteiger partial charge in [-0.15, -0.1) is 0 Å². The first-order valence-electron chi connectivity index (χ1n) is 4.71. The molecule has 0 atom stereocenters. The first-order valence-corrected chi connectivity index (χ1v) is 4.71. The van der Waals surface area contributed by atoms with Gasteiger partial charge < -0.3 is 11.1 Å². The van der Waals surface area contributed by atoms with Crippen LogP contribution in [-0.4, -0.2) is 24.3 Å². The molecule has 1 heterocycles. The Labute approximate surface area is 98.5 Å². The molecule has 0 bridgehead atoms. The van der Waals surface area contributed by atoms with Crippen LogP contribution >= 0.6 is 0 Å². The van der Waals surface area contributed by atoms with E-state index in [-0.39, 0.29) is 5.57 Å². The molecule has 0 aliphatic heterocycles. The molecule has 1 rings (SSSR count). The molecule has 0 aliphatic carbocycles. The van der Waals surface area contributed by atoms with E-state index in [1.165, 1.54) is 31.0 Å². The Hall–Kier alpha value is -2.68. The van der Waals surface area contributed by atoms with E-state index in [1.54, 1.807) is 7.05 Å². The highest BCUT2D eigenvalue weighted by molar-refractivity contribution is 6.18. The third-order valence-corrected chi connectivity index (χ3v) is 1.88. The van der Waals surface area contributed by atoms with E-state index in [0.29, 0.717) is 11.1 Å². The molecule has 3 N–H and O–H groups in total. The lowest BCUT2D eigenvalue weighted by Crippen LogP contribution is -2.16. The number of pyridine rings is 1. The van der Waals surface area contributed by atoms with Crippen molar-refractivity contribution in [2.24, 2.45) is 10.7 Å². The number of carbonyl (C=O) groups is 1. The molecule has 1 amide bonds. The van der Waals surface area contributed by atoms with E-state index < -0.39 is 5.91 Å². The Morgan fingerprint density at radius 2 is 2.41 bits per heavy atom. The Morgan fingerprint density at radius 1 is 1.65 bits per heavy atom. The minimum Gasteiger partial charge on any atom is -0.366 e. The van der Waals surface area contributed by atoms with Crippen molar-refractivity contribution in [2.75, 3.05) is 7.05 Å². The molecule has 0 fully saturated rings. The fourth-order valence-corrected chi connectivity index (χ4v) is 1.14. The van der Waals surface area contributed by atoms with Crippen molar-refractivity contribution in [2.45, 2.75) is 0 Å². The molecule has 0 radical (unpaired) electrons. The number of hydrogen-bond donors (Lipinski definition) is 2. The Kier molecular flexibility index (Phi) is 4.39. The first-order chi connectivity index (χ1) is 8.19. The van der Waals surface area contributed by atoms with Crippen LogP contribution in [0.5, 0.6) is 0 Å². The smallest absolute Gasteiger partial charge is 0.250 e. The summed E-state index contributed by atoms with van der Waals surface area (Å²) >= 11 is 0. The third kappa shape index (κ3) is 3.43. The molecule has 0 aromatic carbocycles. The van der Waals surface area contributed by atoms with E-state index in [4.69, 9.17) is 11.0 Å². The predicted molar refractivity (Wildman–Crippen MR) is 63.7 cm³/mol. The van der Waals surface area contributed by atoms with Crippen molar-refractivity contribution in [1.29, 1.82) is 5.26 Å². The van der Waals surface area contributed by atoms with Crippen molar-refractivity contribution in [3.63, 3.8) is 0 Å². The molecule has 0 spiro atoms. The molecule has 1 aromatic heterocycles. The SMILES string of the molecule is CN=CN/C=C(/C(N)=O)c1cncc(C#N)c1. The number of nitrogens with one attached hydrogen (secondary N) is 1. The maximum absolute atomic E-state index is 11.3. The standard InChI is InChI=1S/C11H11N5O/c1-14-7-16-6-10(11(13)17)9-2-8(3-12)4-15-5-9/h2,4-7H,1H3,(H2,13,17)(H,14,16)/b10-6+. The molecule has 0 unspecified atom stereocenters. The van der Waals surface area contributed by atoms with Crippen LogP contribution in [0.15, 0.2) is 29.7 Å². The number of aliphatic imine (C=N–C) groups is 1. The third-order valence-electron chi connectivity index (χ3n) is 1.88. The van der Waals surface area contributed by atoms with Crippen LogP contribution in [0.4, 0.5) is 0 Å². The van der Waals surface area contributed by atoms with E-state index in [0.717, 1.165) is 0 Å². The number of aromatic nitrogens is 1. The molecule has 0 saturated carbocycles. The van der Waals surface area contributed by atoms with Crippen molar-refractivity contribution in [3.8, 4) is 6.07 Å². The number of rotatable bonds is 4. The fourth-order valence-electron chi connectivity index (χ4n) is 1.14. The van der Waals surface area contributed by atoms with E-state index in [1.807, 2.05) is 6.07 Å². The first kappa shape index (κ1) is 12.4. The Morgan fingerprint density at radius 3 is 3.00 bits per heavy atom. The molecule has 6 nitrogen and oxygen atoms in total. The Bertz CT molecular complexity index is 513. The largest absolute Gasteiger partial charge is 0.366 e. The fraction of sp³-hybridized carbons (Fsp3) is 0.0909. The molecular formula is C11H11N5O. The highest BCUT2D eigenvalue weighted by Gasteiger charge is 2.08. The summed E-state index contributed by atoms with van der Waals surface area (Å²) in [6, 6.07) is 3.48. The van der Waals surface area contributed by atoms with Gasteiger partial charge in [0.1, 0.15) is 6.07 Å². The highest BCUT2D eigenvalue weighted by atomic mass is 16.1. The predicted octanol–water partition coefficient (Wildman–Crippen LogP) is 0.0272. The number of hydrogen-bond acceptors (Lipinski definition) is 4. The summed E-state index contributed by atoms with van der Waals surface area (Å²) in [7, 11) is 1.59. The van der Waals surface area contributed by atoms with Gasteiger partial charge in [-0.25, -0.2) is 0 Å². The van der Waals surface area contributed by atoms with Crippen molar-refractivity contribution < 1.29 is 4.79 Å². The summed E-state index contributed by atoms with van der Waals surface area (Å²) in [5, 5.41) is 11.4. The second-order valence-corrected chi connectivity index (χ2v) is 3.05. The van der Waals surface area contributed by atoms with Gasteiger partial charge in [0.05, 0.1) is 17.5 Å². The van der Waals surface area contributed by atoms with Crippen LogP contribution < -0.4 is 11.1 Å². The van der Waals surface area contributed by atoms with Gasteiger partial charge in [0, 0.05) is 31.2 Å². The summed E-state index contributed by atoms with van der Waals surface area (Å²) in [4.78, 5) is 18.8. The normalized spacial score (nSPS) is 11.2. The quantitative estimate of drug-likeness (QED) is 0.431. The van der Waals surface area contributed by atoms with Gasteiger partial charge in [-0.3, -0.25) is 14.8 Å². The van der Waals surface area contributed by atoms with Crippen molar-refractivity contribution >= 4 is 17.8 Å². The molecule has 0 saturated heterocycles. The second-order valence-electron chi connectivity index (χ2n) is 3.05. The van der Waals surface area contributed by atoms with Gasteiger partial charge >= 0.3 is 0 Å². The summed E-state index contributed by atoms with van der Waals surface area (Å²) in [6.07, 6.45) is 5.68. The monoisotopic (exact) mass is 229 g/mol. The summed E-state index contributed by atoms with van der Waals surface area (Å²) in [5.74, 6) is -0.612. The Balaban J connectivity index is 3.10. The van der Waals surface area contributed by atoms with Crippen LogP contribution in [-0.2, 0) is 4.79 Å². The second kappa shape index (κ2) is 6.02. The van der Waals surface area contributed by atoms with Crippen LogP contribution in [0.3, 0.4) is 0 Å². The van der Waals surface area contributed by atoms with Crippen LogP contribution in [0, 0.1) is 11.3 Å². The summed E-state index contributed by atoms with van der Waals surface area (Å²) < 4.78 is 0. The lowest BCUT2D eigenvalue weighted by Gasteiger charge is -2.03. The number of amides is 1. The zero-order valence-corrected chi connectivity index (χ0v) is 9.21. The van der Waals surface area contributed by atoms with Gasteiger partial charge in [-0.2, -0.15) is 5.26 Å². The average molecular weight is 229 g/mol. The molecular weight excluding hydrogens is 218 g/mol. The van der Waals surface area contributed by atoms with E-state index in [9.17, 15) is 4.79 Å². The zero-order chi connectivity index (χ0) is 12.7. The molecule has 17 heavy (non-hydrogen) atoms. The average Bonchev–Trinajstić information content (AvgIpc) is 2.34. The van der Waals surface area contributed by atoms with Crippen LogP contribution in [0.1, 0.15) is 11.1 Å². The number of nitrogens with zero attached hydrogens (tertiary/aromatic N) is 3. The number of nitrogens with two attached hydrogens (primary N) is 1. The molecule has 0 aliphatic rings. The van der Waals surface area contributed by atoms with E-state index >= 15 is 0 Å². The lowest BCUT2D eigenvalue weighted by molar-refractivity contribution is -0.112. The minimum absolute atomic E-state index is 0.231. The maximum atomic E-state index is 11.3. The van der Waals surface area contributed by atoms with Gasteiger partial charge in [0.15, 0.2) is 0 Å². The van der Waals surface area contributed by atoms with Crippen LogP contribution in [0.2, 0.25) is 0 Å². The lowest BCUT2D eigenvalue weighted by atomic mass is 10.1. The zero-order valence-electron chi connectivity index (χ0n) is 9.21. The molecule has 6 heteroatoms. The maximum Gasteiger partial charge on any atom is 0.250 e. The number of carbonyl (C=O) groups excluding carboxylic acids is 1. The minimum atomic E-state index is -0.612. The van der Waals surface area contributed by atoms with Gasteiger partial charge in [0.2, 0.25) is 0 Å². The number of primary amides is 1. The van der Waals surface area contributed by atoms with Gasteiger partial charge in [0.25, 0.3) is 5.91 Å². The highest BCUT2D eigenvalue weighted by Crippen LogP contribution is 2.13.